The minimum absolute atomic E-state index is 0.00323. The zero-order chi connectivity index (χ0) is 26.6. The van der Waals surface area contributed by atoms with Crippen molar-refractivity contribution < 1.29 is 4.79 Å². The van der Waals surface area contributed by atoms with Gasteiger partial charge in [-0.05, 0) is 75.8 Å². The predicted octanol–water partition coefficient (Wildman–Crippen LogP) is 5.08. The van der Waals surface area contributed by atoms with E-state index in [0.717, 1.165) is 70.9 Å². The number of piperidine rings is 1. The third kappa shape index (κ3) is 5.62. The van der Waals surface area contributed by atoms with Gasteiger partial charge < -0.3 is 20.1 Å². The van der Waals surface area contributed by atoms with E-state index < -0.39 is 0 Å². The Morgan fingerprint density at radius 1 is 1.08 bits per heavy atom. The van der Waals surface area contributed by atoms with E-state index in [9.17, 15) is 4.79 Å². The zero-order valence-electron chi connectivity index (χ0n) is 22.3. The molecule has 2 aliphatic heterocycles. The molecule has 1 amide bonds. The maximum absolute atomic E-state index is 13.1. The molecule has 198 valence electrons. The van der Waals surface area contributed by atoms with E-state index in [1.807, 2.05) is 29.3 Å². The van der Waals surface area contributed by atoms with Gasteiger partial charge in [0.25, 0.3) is 12.6 Å². The van der Waals surface area contributed by atoms with Crippen molar-refractivity contribution in [3.05, 3.63) is 54.5 Å². The molecule has 0 saturated carbocycles. The van der Waals surface area contributed by atoms with Crippen molar-refractivity contribution >= 4 is 40.1 Å². The van der Waals surface area contributed by atoms with Crippen LogP contribution in [0.1, 0.15) is 36.2 Å². The molecule has 3 aromatic heterocycles. The number of hydrogen-bond acceptors (Lipinski definition) is 6. The molecule has 8 nitrogen and oxygen atoms in total. The highest BCUT2D eigenvalue weighted by molar-refractivity contribution is 6.67. The summed E-state index contributed by atoms with van der Waals surface area (Å²) >= 11 is 0. The number of H-pyrrole nitrogens is 1. The second kappa shape index (κ2) is 11.5. The Kier molecular flexibility index (Phi) is 7.46. The number of amides is 1. The summed E-state index contributed by atoms with van der Waals surface area (Å²) in [5.41, 5.74) is 5.33. The SMILES string of the molecule is N#CB1CCN(C(=O)c2cc3ccc(-c4cc(NCCCN5CCCCC5)c5cnccc5n4)cc3[nH]2)CC1. The van der Waals surface area contributed by atoms with Gasteiger partial charge in [0.1, 0.15) is 5.69 Å². The van der Waals surface area contributed by atoms with Crippen molar-refractivity contribution in [1.82, 2.24) is 24.8 Å². The quantitative estimate of drug-likeness (QED) is 0.261. The van der Waals surface area contributed by atoms with Gasteiger partial charge in [0.2, 0.25) is 0 Å². The summed E-state index contributed by atoms with van der Waals surface area (Å²) in [6.45, 7) is 5.78. The third-order valence-electron chi connectivity index (χ3n) is 8.14. The first kappa shape index (κ1) is 25.4. The number of nitrogens with zero attached hydrogens (tertiary/aromatic N) is 5. The number of nitriles is 1. The van der Waals surface area contributed by atoms with Crippen molar-refractivity contribution in [1.29, 1.82) is 5.26 Å². The Morgan fingerprint density at radius 3 is 2.74 bits per heavy atom. The summed E-state index contributed by atoms with van der Waals surface area (Å²) in [7, 11) is 0. The molecule has 2 saturated heterocycles. The van der Waals surface area contributed by atoms with E-state index in [2.05, 4.69) is 44.4 Å². The van der Waals surface area contributed by atoms with Crippen LogP contribution in [-0.2, 0) is 0 Å². The lowest BCUT2D eigenvalue weighted by atomic mass is 9.45. The average molecular weight is 519 g/mol. The first-order valence-electron chi connectivity index (χ1n) is 14.2. The molecule has 2 fully saturated rings. The lowest BCUT2D eigenvalue weighted by Crippen LogP contribution is -2.40. The molecule has 2 aliphatic rings. The number of benzene rings is 1. The number of fused-ring (bicyclic) bond motifs is 2. The van der Waals surface area contributed by atoms with Crippen molar-refractivity contribution in [2.45, 2.75) is 38.3 Å². The van der Waals surface area contributed by atoms with Gasteiger partial charge in [-0.25, -0.2) is 10.2 Å². The maximum Gasteiger partial charge on any atom is 0.271 e. The Labute approximate surface area is 229 Å². The highest BCUT2D eigenvalue weighted by atomic mass is 16.2. The van der Waals surface area contributed by atoms with Crippen LogP contribution in [0.3, 0.4) is 0 Å². The Balaban J connectivity index is 1.21. The third-order valence-corrected chi connectivity index (χ3v) is 8.14. The number of carbonyl (C=O) groups is 1. The van der Waals surface area contributed by atoms with Crippen LogP contribution in [0.25, 0.3) is 33.1 Å². The summed E-state index contributed by atoms with van der Waals surface area (Å²) in [5, 5.41) is 14.8. The van der Waals surface area contributed by atoms with Gasteiger partial charge in [-0.1, -0.05) is 18.6 Å². The number of aromatic amines is 1. The van der Waals surface area contributed by atoms with Crippen LogP contribution in [0.4, 0.5) is 5.69 Å². The van der Waals surface area contributed by atoms with Crippen LogP contribution in [0.5, 0.6) is 0 Å². The fourth-order valence-electron chi connectivity index (χ4n) is 5.86. The number of nitrogens with one attached hydrogen (secondary N) is 2. The second-order valence-corrected chi connectivity index (χ2v) is 10.8. The Morgan fingerprint density at radius 2 is 1.92 bits per heavy atom. The van der Waals surface area contributed by atoms with Crippen molar-refractivity contribution in [3.63, 3.8) is 0 Å². The van der Waals surface area contributed by atoms with Crippen molar-refractivity contribution in [3.8, 4) is 17.2 Å². The normalized spacial score (nSPS) is 16.5. The molecule has 2 N–H and O–H groups in total. The van der Waals surface area contributed by atoms with Gasteiger partial charge in [-0.15, -0.1) is 0 Å². The van der Waals surface area contributed by atoms with Crippen LogP contribution in [-0.4, -0.2) is 76.6 Å². The Hall–Kier alpha value is -3.90. The lowest BCUT2D eigenvalue weighted by molar-refractivity contribution is 0.0761. The molecule has 0 bridgehead atoms. The zero-order valence-corrected chi connectivity index (χ0v) is 22.3. The molecular formula is C30H34BN7O. The minimum Gasteiger partial charge on any atom is -0.384 e. The number of aromatic nitrogens is 3. The summed E-state index contributed by atoms with van der Waals surface area (Å²) in [6.07, 6.45) is 10.2. The first-order chi connectivity index (χ1) is 19.2. The van der Waals surface area contributed by atoms with E-state index in [-0.39, 0.29) is 12.6 Å². The summed E-state index contributed by atoms with van der Waals surface area (Å²) < 4.78 is 0. The fourth-order valence-corrected chi connectivity index (χ4v) is 5.86. The smallest absolute Gasteiger partial charge is 0.271 e. The number of likely N-dealkylation sites (tertiary alicyclic amines) is 1. The molecule has 0 spiro atoms. The van der Waals surface area contributed by atoms with E-state index in [1.165, 1.54) is 32.4 Å². The monoisotopic (exact) mass is 519 g/mol. The number of rotatable bonds is 7. The summed E-state index contributed by atoms with van der Waals surface area (Å²) in [5.74, 6) is 2.32. The topological polar surface area (TPSA) is 101 Å². The van der Waals surface area contributed by atoms with Gasteiger partial charge in [0.05, 0.1) is 11.2 Å². The van der Waals surface area contributed by atoms with Crippen molar-refractivity contribution in [2.24, 2.45) is 0 Å². The van der Waals surface area contributed by atoms with Crippen LogP contribution < -0.4 is 5.32 Å². The predicted molar refractivity (Wildman–Crippen MR) is 157 cm³/mol. The molecular weight excluding hydrogens is 485 g/mol. The van der Waals surface area contributed by atoms with E-state index >= 15 is 0 Å². The molecule has 4 aromatic rings. The molecule has 6 rings (SSSR count). The van der Waals surface area contributed by atoms with E-state index in [4.69, 9.17) is 10.2 Å². The minimum atomic E-state index is -0.00323. The average Bonchev–Trinajstić information content (AvgIpc) is 3.43. The Bertz CT molecular complexity index is 1510. The molecule has 1 aromatic carbocycles. The van der Waals surface area contributed by atoms with Gasteiger partial charge >= 0.3 is 0 Å². The maximum atomic E-state index is 13.1. The molecule has 0 atom stereocenters. The van der Waals surface area contributed by atoms with Crippen LogP contribution in [0.2, 0.25) is 12.6 Å². The lowest BCUT2D eigenvalue weighted by Gasteiger charge is -2.27. The number of anilines is 1. The summed E-state index contributed by atoms with van der Waals surface area (Å²) in [6, 6.07) is 12.2. The van der Waals surface area contributed by atoms with E-state index in [1.54, 1.807) is 6.20 Å². The van der Waals surface area contributed by atoms with Gasteiger partial charge in [-0.3, -0.25) is 9.78 Å². The van der Waals surface area contributed by atoms with E-state index in [0.29, 0.717) is 18.8 Å². The van der Waals surface area contributed by atoms with Gasteiger partial charge in [0.15, 0.2) is 0 Å². The second-order valence-electron chi connectivity index (χ2n) is 10.8. The molecule has 9 heteroatoms. The molecule has 5 heterocycles. The molecule has 39 heavy (non-hydrogen) atoms. The standard InChI is InChI=1S/C30H34BN7O/c32-21-31-8-15-38(16-9-31)30(39)29-18-23-6-5-22(17-26(23)36-29)27-19-28(24-20-33-11-7-25(24)35-27)34-10-4-14-37-12-2-1-3-13-37/h5-7,11,17-20,36H,1-4,8-10,12-16H2,(H,34,35). The molecule has 0 radical (unpaired) electrons. The number of carbonyl (C=O) groups excluding carboxylic acids is 1. The van der Waals surface area contributed by atoms with Crippen LogP contribution in [0, 0.1) is 11.2 Å². The fraction of sp³-hybridized carbons (Fsp3) is 0.400. The van der Waals surface area contributed by atoms with Crippen molar-refractivity contribution in [2.75, 3.05) is 44.6 Å². The highest BCUT2D eigenvalue weighted by Crippen LogP contribution is 2.30. The van der Waals surface area contributed by atoms with Crippen LogP contribution >= 0.6 is 0 Å². The van der Waals surface area contributed by atoms with Crippen LogP contribution in [0.15, 0.2) is 48.8 Å². The summed E-state index contributed by atoms with van der Waals surface area (Å²) in [4.78, 5) is 30.2. The molecule has 0 aliphatic carbocycles. The largest absolute Gasteiger partial charge is 0.384 e. The first-order valence-corrected chi connectivity index (χ1v) is 14.2. The number of pyridine rings is 2. The van der Waals surface area contributed by atoms with Gasteiger partial charge in [0, 0.05) is 65.5 Å². The number of hydrogen-bond donors (Lipinski definition) is 2. The molecule has 0 unspecified atom stereocenters. The van der Waals surface area contributed by atoms with Gasteiger partial charge in [-0.2, -0.15) is 0 Å². The highest BCUT2D eigenvalue weighted by Gasteiger charge is 2.27.